The molecule has 180 valence electrons. The Morgan fingerprint density at radius 2 is 1.79 bits per heavy atom. The molecule has 1 aromatic carbocycles. The Hall–Kier alpha value is -3.39. The van der Waals surface area contributed by atoms with Gasteiger partial charge in [-0.25, -0.2) is 4.39 Å². The van der Waals surface area contributed by atoms with Gasteiger partial charge in [0.05, 0.1) is 18.4 Å². The molecule has 0 saturated carbocycles. The molecule has 1 saturated heterocycles. The van der Waals surface area contributed by atoms with Crippen molar-refractivity contribution < 1.29 is 18.4 Å². The molecule has 4 rings (SSSR count). The number of nitrogens with zero attached hydrogens (tertiary/aromatic N) is 3. The highest BCUT2D eigenvalue weighted by atomic mass is 19.1. The van der Waals surface area contributed by atoms with Crippen molar-refractivity contribution in [2.75, 3.05) is 32.7 Å². The van der Waals surface area contributed by atoms with Crippen LogP contribution in [0, 0.1) is 12.7 Å². The minimum atomic E-state index is -0.292. The van der Waals surface area contributed by atoms with Crippen LogP contribution < -0.4 is 5.32 Å². The molecule has 7 nitrogen and oxygen atoms in total. The number of carbonyl (C=O) groups is 2. The number of furan rings is 1. The Labute approximate surface area is 199 Å². The van der Waals surface area contributed by atoms with Crippen molar-refractivity contribution in [3.05, 3.63) is 71.5 Å². The lowest BCUT2D eigenvalue weighted by molar-refractivity contribution is -0.123. The van der Waals surface area contributed by atoms with Crippen LogP contribution in [0.1, 0.15) is 35.5 Å². The molecular formula is C26H31FN4O3. The summed E-state index contributed by atoms with van der Waals surface area (Å²) in [5.74, 6) is 0.272. The first kappa shape index (κ1) is 23.8. The fourth-order valence-electron chi connectivity index (χ4n) is 4.40. The van der Waals surface area contributed by atoms with Crippen molar-refractivity contribution in [3.8, 4) is 11.3 Å². The number of hydrogen-bond donors (Lipinski definition) is 1. The first-order valence-corrected chi connectivity index (χ1v) is 11.6. The van der Waals surface area contributed by atoms with E-state index in [1.807, 2.05) is 42.5 Å². The van der Waals surface area contributed by atoms with Crippen molar-refractivity contribution in [1.29, 1.82) is 0 Å². The summed E-state index contributed by atoms with van der Waals surface area (Å²) in [6.07, 6.45) is 3.54. The van der Waals surface area contributed by atoms with Gasteiger partial charge in [0.2, 0.25) is 5.91 Å². The van der Waals surface area contributed by atoms with Gasteiger partial charge in [-0.2, -0.15) is 0 Å². The normalized spacial score (nSPS) is 14.6. The lowest BCUT2D eigenvalue weighted by Crippen LogP contribution is -2.51. The van der Waals surface area contributed by atoms with Gasteiger partial charge in [0.1, 0.15) is 17.3 Å². The van der Waals surface area contributed by atoms with Gasteiger partial charge in [-0.15, -0.1) is 0 Å². The van der Waals surface area contributed by atoms with E-state index in [1.165, 1.54) is 12.1 Å². The van der Waals surface area contributed by atoms with Crippen LogP contribution in [-0.2, 0) is 11.3 Å². The van der Waals surface area contributed by atoms with E-state index in [2.05, 4.69) is 10.2 Å². The molecule has 0 radical (unpaired) electrons. The predicted molar refractivity (Wildman–Crippen MR) is 128 cm³/mol. The second-order valence-electron chi connectivity index (χ2n) is 9.06. The number of carbonyl (C=O) groups excluding carboxylic acids is 2. The number of aryl methyl sites for hydroxylation is 1. The molecule has 3 aromatic rings. The largest absolute Gasteiger partial charge is 0.464 e. The summed E-state index contributed by atoms with van der Waals surface area (Å²) in [5.41, 5.74) is 3.17. The second kappa shape index (κ2) is 10.3. The van der Waals surface area contributed by atoms with Crippen molar-refractivity contribution >= 4 is 11.8 Å². The third-order valence-electron chi connectivity index (χ3n) is 5.98. The third-order valence-corrected chi connectivity index (χ3v) is 5.98. The zero-order chi connectivity index (χ0) is 24.2. The van der Waals surface area contributed by atoms with Crippen LogP contribution in [0.3, 0.4) is 0 Å². The number of hydrogen-bond acceptors (Lipinski definition) is 4. The Kier molecular flexibility index (Phi) is 7.17. The fraction of sp³-hybridized carbons (Fsp3) is 0.385. The quantitative estimate of drug-likeness (QED) is 0.578. The minimum Gasteiger partial charge on any atom is -0.464 e. The predicted octanol–water partition coefficient (Wildman–Crippen LogP) is 3.53. The van der Waals surface area contributed by atoms with Gasteiger partial charge < -0.3 is 19.2 Å². The lowest BCUT2D eigenvalue weighted by atomic mass is 10.1. The number of benzene rings is 1. The molecule has 0 atom stereocenters. The molecule has 0 spiro atoms. The highest BCUT2D eigenvalue weighted by molar-refractivity contribution is 6.00. The number of halogens is 1. The summed E-state index contributed by atoms with van der Waals surface area (Å²) in [6, 6.07) is 10.1. The second-order valence-corrected chi connectivity index (χ2v) is 9.06. The van der Waals surface area contributed by atoms with Gasteiger partial charge in [-0.1, -0.05) is 12.1 Å². The molecular weight excluding hydrogens is 435 g/mol. The summed E-state index contributed by atoms with van der Waals surface area (Å²) in [7, 11) is 0. The highest BCUT2D eigenvalue weighted by Crippen LogP contribution is 2.31. The van der Waals surface area contributed by atoms with E-state index in [-0.39, 0.29) is 23.7 Å². The van der Waals surface area contributed by atoms with Crippen molar-refractivity contribution in [2.45, 2.75) is 33.4 Å². The van der Waals surface area contributed by atoms with Crippen LogP contribution in [0.2, 0.25) is 0 Å². The molecule has 1 N–H and O–H groups in total. The number of aromatic nitrogens is 1. The van der Waals surface area contributed by atoms with E-state index in [1.54, 1.807) is 24.5 Å². The Bertz CT molecular complexity index is 1130. The third kappa shape index (κ3) is 5.39. The zero-order valence-electron chi connectivity index (χ0n) is 19.9. The molecule has 0 unspecified atom stereocenters. The van der Waals surface area contributed by atoms with Crippen LogP contribution in [0.15, 0.2) is 53.3 Å². The minimum absolute atomic E-state index is 0.00122. The zero-order valence-corrected chi connectivity index (χ0v) is 19.9. The maximum atomic E-state index is 13.8. The van der Waals surface area contributed by atoms with E-state index < -0.39 is 0 Å². The maximum Gasteiger partial charge on any atom is 0.271 e. The molecule has 1 aliphatic rings. The Morgan fingerprint density at radius 3 is 2.41 bits per heavy atom. The first-order valence-electron chi connectivity index (χ1n) is 11.6. The molecule has 0 aliphatic carbocycles. The summed E-state index contributed by atoms with van der Waals surface area (Å²) in [6.45, 7) is 8.94. The van der Waals surface area contributed by atoms with Crippen molar-refractivity contribution in [1.82, 2.24) is 19.7 Å². The van der Waals surface area contributed by atoms with Gasteiger partial charge in [0, 0.05) is 45.0 Å². The number of piperazine rings is 1. The maximum absolute atomic E-state index is 13.8. The van der Waals surface area contributed by atoms with Crippen LogP contribution in [0.5, 0.6) is 0 Å². The average molecular weight is 467 g/mol. The molecule has 34 heavy (non-hydrogen) atoms. The standard InChI is InChI=1S/C26H31FN4O3/c1-18(2)28-23(32)17-29-10-12-30(13-11-29)26(33)25-24(22-5-4-14-34-22)19(3)15-31(25)16-20-6-8-21(27)9-7-20/h4-9,14-15,18H,10-13,16-17H2,1-3H3,(H,28,32). The fourth-order valence-corrected chi connectivity index (χ4v) is 4.40. The molecule has 2 amide bonds. The molecule has 0 bridgehead atoms. The Morgan fingerprint density at radius 1 is 1.09 bits per heavy atom. The van der Waals surface area contributed by atoms with Gasteiger partial charge in [-0.05, 0) is 56.2 Å². The summed E-state index contributed by atoms with van der Waals surface area (Å²) < 4.78 is 21.0. The van der Waals surface area contributed by atoms with Crippen molar-refractivity contribution in [2.24, 2.45) is 0 Å². The van der Waals surface area contributed by atoms with E-state index in [0.29, 0.717) is 50.7 Å². The van der Waals surface area contributed by atoms with E-state index in [4.69, 9.17) is 4.42 Å². The molecule has 3 heterocycles. The van der Waals surface area contributed by atoms with Gasteiger partial charge in [0.25, 0.3) is 5.91 Å². The average Bonchev–Trinajstić information content (AvgIpc) is 3.42. The number of rotatable bonds is 7. The molecule has 8 heteroatoms. The van der Waals surface area contributed by atoms with E-state index >= 15 is 0 Å². The topological polar surface area (TPSA) is 70.7 Å². The van der Waals surface area contributed by atoms with Crippen LogP contribution in [-0.4, -0.2) is 64.9 Å². The van der Waals surface area contributed by atoms with Crippen LogP contribution in [0.4, 0.5) is 4.39 Å². The summed E-state index contributed by atoms with van der Waals surface area (Å²) in [4.78, 5) is 29.8. The smallest absolute Gasteiger partial charge is 0.271 e. The van der Waals surface area contributed by atoms with Gasteiger partial charge in [0.15, 0.2) is 0 Å². The van der Waals surface area contributed by atoms with Crippen LogP contribution >= 0.6 is 0 Å². The number of amides is 2. The van der Waals surface area contributed by atoms with Crippen molar-refractivity contribution in [3.63, 3.8) is 0 Å². The SMILES string of the molecule is Cc1cn(Cc2ccc(F)cc2)c(C(=O)N2CCN(CC(=O)NC(C)C)CC2)c1-c1ccco1. The lowest BCUT2D eigenvalue weighted by Gasteiger charge is -2.34. The molecule has 2 aromatic heterocycles. The molecule has 1 fully saturated rings. The summed E-state index contributed by atoms with van der Waals surface area (Å²) >= 11 is 0. The Balaban J connectivity index is 1.55. The van der Waals surface area contributed by atoms with Crippen LogP contribution in [0.25, 0.3) is 11.3 Å². The first-order chi connectivity index (χ1) is 16.3. The highest BCUT2D eigenvalue weighted by Gasteiger charge is 2.29. The van der Waals surface area contributed by atoms with Gasteiger partial charge >= 0.3 is 0 Å². The molecule has 1 aliphatic heterocycles. The number of nitrogens with one attached hydrogen (secondary N) is 1. The van der Waals surface area contributed by atoms with E-state index in [0.717, 1.165) is 16.7 Å². The monoisotopic (exact) mass is 466 g/mol. The van der Waals surface area contributed by atoms with Gasteiger partial charge in [-0.3, -0.25) is 14.5 Å². The van der Waals surface area contributed by atoms with E-state index in [9.17, 15) is 14.0 Å². The summed E-state index contributed by atoms with van der Waals surface area (Å²) in [5, 5.41) is 2.91.